The summed E-state index contributed by atoms with van der Waals surface area (Å²) in [7, 11) is 0. The van der Waals surface area contributed by atoms with E-state index in [0.717, 1.165) is 37.9 Å². The minimum atomic E-state index is -0.192. The lowest BCUT2D eigenvalue weighted by Crippen LogP contribution is -2.30. The third-order valence-corrected chi connectivity index (χ3v) is 3.41. The molecule has 2 nitrogen and oxygen atoms in total. The van der Waals surface area contributed by atoms with E-state index in [1.807, 2.05) is 12.1 Å². The fourth-order valence-electron chi connectivity index (χ4n) is 2.07. The highest BCUT2D eigenvalue weighted by Gasteiger charge is 2.23. The Morgan fingerprint density at radius 3 is 2.61 bits per heavy atom. The second-order valence-corrected chi connectivity index (χ2v) is 4.93. The van der Waals surface area contributed by atoms with Gasteiger partial charge in [0.15, 0.2) is 0 Å². The van der Waals surface area contributed by atoms with Gasteiger partial charge in [0.1, 0.15) is 5.82 Å². The molecule has 1 unspecified atom stereocenters. The van der Waals surface area contributed by atoms with Crippen molar-refractivity contribution < 1.29 is 9.13 Å². The number of hydrogen-bond donors (Lipinski definition) is 1. The third-order valence-electron chi connectivity index (χ3n) is 3.41. The van der Waals surface area contributed by atoms with E-state index in [4.69, 9.17) is 4.74 Å². The van der Waals surface area contributed by atoms with Gasteiger partial charge in [-0.15, -0.1) is 0 Å². The molecule has 0 saturated heterocycles. The standard InChI is InChI=1S/C15H22FNO/c1-2-10-17-11-15(18-14-4-3-5-14)12-6-8-13(16)9-7-12/h6-9,14-15,17H,2-5,10-11H2,1H3. The summed E-state index contributed by atoms with van der Waals surface area (Å²) in [6, 6.07) is 6.66. The predicted molar refractivity (Wildman–Crippen MR) is 71.0 cm³/mol. The SMILES string of the molecule is CCCNCC(OC1CCC1)c1ccc(F)cc1. The van der Waals surface area contributed by atoms with Gasteiger partial charge in [-0.05, 0) is 49.9 Å². The Bertz CT molecular complexity index is 348. The molecule has 1 aromatic carbocycles. The lowest BCUT2D eigenvalue weighted by Gasteiger charge is -2.31. The van der Waals surface area contributed by atoms with Crippen molar-refractivity contribution >= 4 is 0 Å². The average Bonchev–Trinajstić information content (AvgIpc) is 2.33. The molecule has 0 radical (unpaired) electrons. The molecule has 0 amide bonds. The van der Waals surface area contributed by atoms with Gasteiger partial charge in [0.05, 0.1) is 12.2 Å². The molecule has 1 atom stereocenters. The molecule has 100 valence electrons. The Balaban J connectivity index is 1.95. The fourth-order valence-corrected chi connectivity index (χ4v) is 2.07. The molecule has 18 heavy (non-hydrogen) atoms. The normalized spacial score (nSPS) is 17.4. The highest BCUT2D eigenvalue weighted by molar-refractivity contribution is 5.19. The first-order valence-electron chi connectivity index (χ1n) is 6.91. The first kappa shape index (κ1) is 13.5. The van der Waals surface area contributed by atoms with E-state index in [1.165, 1.54) is 18.6 Å². The van der Waals surface area contributed by atoms with Gasteiger partial charge in [0.25, 0.3) is 0 Å². The smallest absolute Gasteiger partial charge is 0.123 e. The van der Waals surface area contributed by atoms with Gasteiger partial charge in [0.2, 0.25) is 0 Å². The van der Waals surface area contributed by atoms with Crippen LogP contribution in [0.2, 0.25) is 0 Å². The fraction of sp³-hybridized carbons (Fsp3) is 0.600. The Morgan fingerprint density at radius 2 is 2.06 bits per heavy atom. The molecule has 1 aromatic rings. The molecule has 3 heteroatoms. The molecule has 0 aliphatic heterocycles. The number of hydrogen-bond acceptors (Lipinski definition) is 2. The van der Waals surface area contributed by atoms with Gasteiger partial charge in [-0.2, -0.15) is 0 Å². The molecule has 0 heterocycles. The van der Waals surface area contributed by atoms with Crippen LogP contribution >= 0.6 is 0 Å². The van der Waals surface area contributed by atoms with Gasteiger partial charge in [-0.1, -0.05) is 19.1 Å². The molecule has 1 aliphatic rings. The van der Waals surface area contributed by atoms with E-state index >= 15 is 0 Å². The van der Waals surface area contributed by atoms with Crippen LogP contribution in [0, 0.1) is 5.82 Å². The third kappa shape index (κ3) is 3.79. The van der Waals surface area contributed by atoms with Gasteiger partial charge in [-0.3, -0.25) is 0 Å². The summed E-state index contributed by atoms with van der Waals surface area (Å²) in [6.07, 6.45) is 5.13. The quantitative estimate of drug-likeness (QED) is 0.750. The maximum atomic E-state index is 12.9. The van der Waals surface area contributed by atoms with E-state index in [2.05, 4.69) is 12.2 Å². The summed E-state index contributed by atoms with van der Waals surface area (Å²) >= 11 is 0. The van der Waals surface area contributed by atoms with Crippen LogP contribution in [0.1, 0.15) is 44.3 Å². The van der Waals surface area contributed by atoms with E-state index in [1.54, 1.807) is 0 Å². The van der Waals surface area contributed by atoms with Crippen molar-refractivity contribution in [2.45, 2.75) is 44.8 Å². The zero-order valence-electron chi connectivity index (χ0n) is 11.0. The molecule has 1 fully saturated rings. The number of benzene rings is 1. The highest BCUT2D eigenvalue weighted by Crippen LogP contribution is 2.28. The summed E-state index contributed by atoms with van der Waals surface area (Å²) in [5.74, 6) is -0.192. The van der Waals surface area contributed by atoms with Crippen molar-refractivity contribution in [1.29, 1.82) is 0 Å². The van der Waals surface area contributed by atoms with Gasteiger partial charge in [0, 0.05) is 6.54 Å². The minimum absolute atomic E-state index is 0.0439. The number of nitrogens with one attached hydrogen (secondary N) is 1. The molecule has 0 bridgehead atoms. The Labute approximate surface area is 109 Å². The molecule has 0 aromatic heterocycles. The van der Waals surface area contributed by atoms with Gasteiger partial charge in [-0.25, -0.2) is 4.39 Å². The van der Waals surface area contributed by atoms with E-state index in [0.29, 0.717) is 6.10 Å². The highest BCUT2D eigenvalue weighted by atomic mass is 19.1. The monoisotopic (exact) mass is 251 g/mol. The van der Waals surface area contributed by atoms with Gasteiger partial charge < -0.3 is 10.1 Å². The summed E-state index contributed by atoms with van der Waals surface area (Å²) in [5, 5.41) is 3.38. The van der Waals surface area contributed by atoms with Crippen LogP contribution in [0.3, 0.4) is 0 Å². The van der Waals surface area contributed by atoms with Gasteiger partial charge >= 0.3 is 0 Å². The maximum Gasteiger partial charge on any atom is 0.123 e. The zero-order valence-corrected chi connectivity index (χ0v) is 11.0. The van der Waals surface area contributed by atoms with Crippen molar-refractivity contribution in [3.63, 3.8) is 0 Å². The summed E-state index contributed by atoms with van der Waals surface area (Å²) in [6.45, 7) is 3.94. The number of rotatable bonds is 7. The molecular formula is C15H22FNO. The molecular weight excluding hydrogens is 229 g/mol. The van der Waals surface area contributed by atoms with Crippen LogP contribution in [-0.2, 0) is 4.74 Å². The lowest BCUT2D eigenvalue weighted by molar-refractivity contribution is -0.0519. The minimum Gasteiger partial charge on any atom is -0.369 e. The van der Waals surface area contributed by atoms with Crippen LogP contribution in [0.25, 0.3) is 0 Å². The first-order valence-corrected chi connectivity index (χ1v) is 6.91. The topological polar surface area (TPSA) is 21.3 Å². The Morgan fingerprint density at radius 1 is 1.33 bits per heavy atom. The van der Waals surface area contributed by atoms with E-state index < -0.39 is 0 Å². The molecule has 1 aliphatic carbocycles. The van der Waals surface area contributed by atoms with Crippen LogP contribution < -0.4 is 5.32 Å². The summed E-state index contributed by atoms with van der Waals surface area (Å²) < 4.78 is 19.0. The Hall–Kier alpha value is -0.930. The van der Waals surface area contributed by atoms with E-state index in [9.17, 15) is 4.39 Å². The van der Waals surface area contributed by atoms with Crippen molar-refractivity contribution in [3.05, 3.63) is 35.6 Å². The number of ether oxygens (including phenoxy) is 1. The predicted octanol–water partition coefficient (Wildman–Crippen LogP) is 3.44. The van der Waals surface area contributed by atoms with Crippen LogP contribution in [0.5, 0.6) is 0 Å². The largest absolute Gasteiger partial charge is 0.369 e. The molecule has 0 spiro atoms. The molecule has 1 N–H and O–H groups in total. The zero-order chi connectivity index (χ0) is 12.8. The van der Waals surface area contributed by atoms with Crippen molar-refractivity contribution in [2.24, 2.45) is 0 Å². The van der Waals surface area contributed by atoms with Crippen molar-refractivity contribution in [3.8, 4) is 0 Å². The van der Waals surface area contributed by atoms with Crippen molar-refractivity contribution in [2.75, 3.05) is 13.1 Å². The first-order chi connectivity index (χ1) is 8.79. The maximum absolute atomic E-state index is 12.9. The van der Waals surface area contributed by atoms with Crippen molar-refractivity contribution in [1.82, 2.24) is 5.32 Å². The average molecular weight is 251 g/mol. The lowest BCUT2D eigenvalue weighted by atomic mass is 9.95. The molecule has 1 saturated carbocycles. The summed E-state index contributed by atoms with van der Waals surface area (Å²) in [5.41, 5.74) is 1.06. The Kier molecular flexibility index (Phi) is 5.14. The van der Waals surface area contributed by atoms with Crippen LogP contribution in [0.15, 0.2) is 24.3 Å². The van der Waals surface area contributed by atoms with Crippen LogP contribution in [-0.4, -0.2) is 19.2 Å². The molecule has 2 rings (SSSR count). The second-order valence-electron chi connectivity index (χ2n) is 4.93. The summed E-state index contributed by atoms with van der Waals surface area (Å²) in [4.78, 5) is 0. The second kappa shape index (κ2) is 6.86. The number of halogens is 1. The van der Waals surface area contributed by atoms with E-state index in [-0.39, 0.29) is 11.9 Å². The van der Waals surface area contributed by atoms with Crippen LogP contribution in [0.4, 0.5) is 4.39 Å².